The number of ether oxygens (including phenoxy) is 1. The van der Waals surface area contributed by atoms with Crippen LogP contribution < -0.4 is 15.0 Å². The molecule has 27 heavy (non-hydrogen) atoms. The molecule has 1 saturated heterocycles. The largest absolute Gasteiger partial charge is 0.497 e. The predicted octanol–water partition coefficient (Wildman–Crippen LogP) is 1.55. The summed E-state index contributed by atoms with van der Waals surface area (Å²) >= 11 is 0. The maximum absolute atomic E-state index is 11.8. The molecule has 0 spiro atoms. The topological polar surface area (TPSA) is 97.3 Å². The molecule has 146 valence electrons. The lowest BCUT2D eigenvalue weighted by molar-refractivity contribution is 0.414. The number of nitrogens with one attached hydrogen (secondary N) is 1. The van der Waals surface area contributed by atoms with E-state index in [1.54, 1.807) is 13.3 Å². The van der Waals surface area contributed by atoms with Crippen molar-refractivity contribution >= 4 is 21.6 Å². The van der Waals surface area contributed by atoms with Crippen LogP contribution in [0.2, 0.25) is 0 Å². The van der Waals surface area contributed by atoms with Crippen LogP contribution in [0.15, 0.2) is 30.5 Å². The highest BCUT2D eigenvalue weighted by Crippen LogP contribution is 2.22. The van der Waals surface area contributed by atoms with Crippen LogP contribution in [-0.4, -0.2) is 61.3 Å². The number of benzene rings is 1. The lowest BCUT2D eigenvalue weighted by Gasteiger charge is -2.27. The molecule has 1 atom stereocenters. The average molecular weight is 391 g/mol. The van der Waals surface area contributed by atoms with Gasteiger partial charge in [0.1, 0.15) is 5.75 Å². The zero-order chi connectivity index (χ0) is 19.3. The van der Waals surface area contributed by atoms with Gasteiger partial charge in [0.25, 0.3) is 0 Å². The molecule has 0 bridgehead atoms. The summed E-state index contributed by atoms with van der Waals surface area (Å²) in [6.07, 6.45) is 3.03. The Hall–Kier alpha value is -2.42. The smallest absolute Gasteiger partial charge is 0.244 e. The molecule has 2 heterocycles. The fourth-order valence-corrected chi connectivity index (χ4v) is 4.98. The first kappa shape index (κ1) is 19.3. The highest BCUT2D eigenvalue weighted by molar-refractivity contribution is 7.91. The molecule has 0 amide bonds. The molecule has 1 aliphatic rings. The van der Waals surface area contributed by atoms with Crippen LogP contribution >= 0.6 is 0 Å². The van der Waals surface area contributed by atoms with Gasteiger partial charge in [0.15, 0.2) is 15.7 Å². The van der Waals surface area contributed by atoms with Gasteiger partial charge >= 0.3 is 0 Å². The fraction of sp³-hybridized carbons (Fsp3) is 0.500. The molecule has 1 aliphatic heterocycles. The quantitative estimate of drug-likeness (QED) is 0.724. The Morgan fingerprint density at radius 1 is 1.30 bits per heavy atom. The van der Waals surface area contributed by atoms with Gasteiger partial charge in [0, 0.05) is 19.1 Å². The summed E-state index contributed by atoms with van der Waals surface area (Å²) < 4.78 is 28.7. The molecule has 0 saturated carbocycles. The Labute approximate surface area is 159 Å². The van der Waals surface area contributed by atoms with E-state index in [-0.39, 0.29) is 17.5 Å². The van der Waals surface area contributed by atoms with Crippen molar-refractivity contribution < 1.29 is 13.2 Å². The van der Waals surface area contributed by atoms with E-state index in [4.69, 9.17) is 4.74 Å². The van der Waals surface area contributed by atoms with Crippen LogP contribution in [0.4, 0.5) is 11.8 Å². The monoisotopic (exact) mass is 391 g/mol. The molecule has 1 N–H and O–H groups in total. The van der Waals surface area contributed by atoms with Crippen LogP contribution in [0.1, 0.15) is 18.9 Å². The standard InChI is InChI=1S/C18H25N5O3S/c1-3-23(15-9-11-27(24,25)13-15)17-12-20-22-18(21-17)19-10-8-14-4-6-16(26-2)7-5-14/h4-7,12,15H,3,8-11,13H2,1-2H3,(H,19,21,22). The van der Waals surface area contributed by atoms with Crippen molar-refractivity contribution in [2.75, 3.05) is 41.9 Å². The fourth-order valence-electron chi connectivity index (χ4n) is 3.25. The van der Waals surface area contributed by atoms with Crippen molar-refractivity contribution in [2.24, 2.45) is 0 Å². The lowest BCUT2D eigenvalue weighted by Crippen LogP contribution is -2.37. The van der Waals surface area contributed by atoms with E-state index in [0.29, 0.717) is 31.3 Å². The van der Waals surface area contributed by atoms with Crippen LogP contribution in [-0.2, 0) is 16.3 Å². The summed E-state index contributed by atoms with van der Waals surface area (Å²) in [6.45, 7) is 3.33. The zero-order valence-corrected chi connectivity index (χ0v) is 16.4. The number of anilines is 2. The summed E-state index contributed by atoms with van der Waals surface area (Å²) in [6, 6.07) is 7.86. The third kappa shape index (κ3) is 5.06. The van der Waals surface area contributed by atoms with E-state index in [9.17, 15) is 8.42 Å². The van der Waals surface area contributed by atoms with E-state index >= 15 is 0 Å². The van der Waals surface area contributed by atoms with Crippen LogP contribution in [0.25, 0.3) is 0 Å². The Balaban J connectivity index is 1.60. The highest BCUT2D eigenvalue weighted by atomic mass is 32.2. The molecular weight excluding hydrogens is 366 g/mol. The van der Waals surface area contributed by atoms with E-state index in [1.165, 1.54) is 5.56 Å². The van der Waals surface area contributed by atoms with Crippen LogP contribution in [0, 0.1) is 0 Å². The molecule has 1 fully saturated rings. The van der Waals surface area contributed by atoms with Gasteiger partial charge in [-0.3, -0.25) is 0 Å². The summed E-state index contributed by atoms with van der Waals surface area (Å²) in [5.41, 5.74) is 1.18. The van der Waals surface area contributed by atoms with Crippen LogP contribution in [0.5, 0.6) is 5.75 Å². The van der Waals surface area contributed by atoms with Crippen molar-refractivity contribution in [3.8, 4) is 5.75 Å². The third-order valence-corrected chi connectivity index (χ3v) is 6.44. The number of hydrogen-bond donors (Lipinski definition) is 1. The van der Waals surface area contributed by atoms with Gasteiger partial charge < -0.3 is 15.0 Å². The van der Waals surface area contributed by atoms with Crippen molar-refractivity contribution in [2.45, 2.75) is 25.8 Å². The summed E-state index contributed by atoms with van der Waals surface area (Å²) in [5, 5.41) is 11.2. The minimum Gasteiger partial charge on any atom is -0.497 e. The first-order chi connectivity index (χ1) is 13.0. The molecule has 8 nitrogen and oxygen atoms in total. The van der Waals surface area contributed by atoms with Crippen LogP contribution in [0.3, 0.4) is 0 Å². The Morgan fingerprint density at radius 3 is 2.70 bits per heavy atom. The van der Waals surface area contributed by atoms with Gasteiger partial charge in [-0.15, -0.1) is 5.10 Å². The third-order valence-electron chi connectivity index (χ3n) is 4.69. The second-order valence-electron chi connectivity index (χ2n) is 6.51. The second kappa shape index (κ2) is 8.51. The van der Waals surface area contributed by atoms with Crippen molar-refractivity contribution in [3.63, 3.8) is 0 Å². The van der Waals surface area contributed by atoms with E-state index < -0.39 is 9.84 Å². The minimum absolute atomic E-state index is 0.0520. The van der Waals surface area contributed by atoms with Gasteiger partial charge in [-0.25, -0.2) is 8.42 Å². The van der Waals surface area contributed by atoms with Gasteiger partial charge in [0.05, 0.1) is 24.8 Å². The van der Waals surface area contributed by atoms with Gasteiger partial charge in [-0.1, -0.05) is 12.1 Å². The molecule has 1 aromatic heterocycles. The van der Waals surface area contributed by atoms with Gasteiger partial charge in [0.2, 0.25) is 5.95 Å². The molecule has 3 rings (SSSR count). The molecule has 9 heteroatoms. The van der Waals surface area contributed by atoms with E-state index in [0.717, 1.165) is 12.2 Å². The predicted molar refractivity (Wildman–Crippen MR) is 105 cm³/mol. The maximum atomic E-state index is 11.8. The SMILES string of the molecule is CCN(c1cnnc(NCCc2ccc(OC)cc2)n1)C1CCS(=O)(=O)C1. The van der Waals surface area contributed by atoms with Crippen molar-refractivity contribution in [1.82, 2.24) is 15.2 Å². The van der Waals surface area contributed by atoms with Crippen molar-refractivity contribution in [3.05, 3.63) is 36.0 Å². The lowest BCUT2D eigenvalue weighted by atomic mass is 10.1. The Bertz CT molecular complexity index is 858. The zero-order valence-electron chi connectivity index (χ0n) is 15.6. The maximum Gasteiger partial charge on any atom is 0.244 e. The first-order valence-corrected chi connectivity index (χ1v) is 10.9. The second-order valence-corrected chi connectivity index (χ2v) is 8.73. The van der Waals surface area contributed by atoms with Crippen molar-refractivity contribution in [1.29, 1.82) is 0 Å². The highest BCUT2D eigenvalue weighted by Gasteiger charge is 2.32. The number of aromatic nitrogens is 3. The number of hydrogen-bond acceptors (Lipinski definition) is 8. The van der Waals surface area contributed by atoms with Gasteiger partial charge in [-0.05, 0) is 37.5 Å². The molecule has 0 aliphatic carbocycles. The summed E-state index contributed by atoms with van der Waals surface area (Å²) in [5.74, 6) is 2.34. The summed E-state index contributed by atoms with van der Waals surface area (Å²) in [4.78, 5) is 6.52. The molecular formula is C18H25N5O3S. The minimum atomic E-state index is -2.95. The van der Waals surface area contributed by atoms with E-state index in [2.05, 4.69) is 20.5 Å². The first-order valence-electron chi connectivity index (χ1n) is 9.04. The average Bonchev–Trinajstić information content (AvgIpc) is 3.03. The number of rotatable bonds is 8. The molecule has 1 unspecified atom stereocenters. The molecule has 2 aromatic rings. The molecule has 0 radical (unpaired) electrons. The number of methoxy groups -OCH3 is 1. The summed E-state index contributed by atoms with van der Waals surface area (Å²) in [7, 11) is -1.30. The van der Waals surface area contributed by atoms with Gasteiger partial charge in [-0.2, -0.15) is 10.1 Å². The number of nitrogens with zero attached hydrogens (tertiary/aromatic N) is 4. The number of sulfone groups is 1. The Morgan fingerprint density at radius 2 is 2.07 bits per heavy atom. The molecule has 1 aromatic carbocycles. The Kier molecular flexibility index (Phi) is 6.10. The normalized spacial score (nSPS) is 18.2. The van der Waals surface area contributed by atoms with E-state index in [1.807, 2.05) is 36.1 Å².